The Bertz CT molecular complexity index is 694. The minimum Gasteiger partial charge on any atom is -0.316 e. The van der Waals surface area contributed by atoms with Gasteiger partial charge in [-0.2, -0.15) is 0 Å². The van der Waals surface area contributed by atoms with Crippen molar-refractivity contribution in [3.8, 4) is 0 Å². The van der Waals surface area contributed by atoms with E-state index >= 15 is 0 Å². The molecule has 4 nitrogen and oxygen atoms in total. The highest BCUT2D eigenvalue weighted by Crippen LogP contribution is 2.20. The fourth-order valence-corrected chi connectivity index (χ4v) is 3.22. The lowest BCUT2D eigenvalue weighted by molar-refractivity contribution is 0.601. The molecule has 2 aromatic rings. The van der Waals surface area contributed by atoms with Gasteiger partial charge >= 0.3 is 0 Å². The van der Waals surface area contributed by atoms with Gasteiger partial charge in [0.05, 0.1) is 10.6 Å². The predicted octanol–water partition coefficient (Wildman–Crippen LogP) is 2.77. The van der Waals surface area contributed by atoms with E-state index in [1.165, 1.54) is 0 Å². The molecule has 0 aromatic heterocycles. The lowest BCUT2D eigenvalue weighted by atomic mass is 10.1. The number of hydrogen-bond acceptors (Lipinski definition) is 3. The number of sulfonamides is 1. The molecule has 2 N–H and O–H groups in total. The third-order valence-corrected chi connectivity index (χ3v) is 4.64. The van der Waals surface area contributed by atoms with Gasteiger partial charge in [-0.25, -0.2) is 8.42 Å². The number of rotatable bonds is 6. The van der Waals surface area contributed by atoms with Gasteiger partial charge in [-0.05, 0) is 42.8 Å². The van der Waals surface area contributed by atoms with Crippen LogP contribution >= 0.6 is 0 Å². The first-order valence-corrected chi connectivity index (χ1v) is 8.39. The maximum Gasteiger partial charge on any atom is 0.261 e. The van der Waals surface area contributed by atoms with Gasteiger partial charge in [-0.1, -0.05) is 37.3 Å². The van der Waals surface area contributed by atoms with Crippen LogP contribution in [0.1, 0.15) is 18.1 Å². The van der Waals surface area contributed by atoms with Crippen molar-refractivity contribution in [3.05, 3.63) is 59.7 Å². The van der Waals surface area contributed by atoms with Gasteiger partial charge in [0.25, 0.3) is 10.0 Å². The van der Waals surface area contributed by atoms with E-state index in [0.29, 0.717) is 12.2 Å². The normalized spacial score (nSPS) is 11.3. The molecule has 21 heavy (non-hydrogen) atoms. The maximum absolute atomic E-state index is 12.4. The summed E-state index contributed by atoms with van der Waals surface area (Å²) < 4.78 is 27.5. The molecule has 0 aliphatic carbocycles. The summed E-state index contributed by atoms with van der Waals surface area (Å²) in [5, 5.41) is 3.03. The molecular weight excluding hydrogens is 284 g/mol. The van der Waals surface area contributed by atoms with Crippen LogP contribution in [0, 0.1) is 0 Å². The Morgan fingerprint density at radius 2 is 1.67 bits per heavy atom. The summed E-state index contributed by atoms with van der Waals surface area (Å²) in [6, 6.07) is 14.3. The molecular formula is C16H20N2O2S. The minimum atomic E-state index is -3.55. The van der Waals surface area contributed by atoms with E-state index in [-0.39, 0.29) is 4.90 Å². The molecule has 0 radical (unpaired) electrons. The van der Waals surface area contributed by atoms with Crippen molar-refractivity contribution in [2.75, 3.05) is 11.8 Å². The van der Waals surface area contributed by atoms with Gasteiger partial charge in [0.15, 0.2) is 0 Å². The molecule has 2 rings (SSSR count). The molecule has 0 atom stereocenters. The molecule has 0 bridgehead atoms. The van der Waals surface area contributed by atoms with Crippen LogP contribution in [0.25, 0.3) is 0 Å². The van der Waals surface area contributed by atoms with Crippen molar-refractivity contribution in [3.63, 3.8) is 0 Å². The molecule has 0 spiro atoms. The van der Waals surface area contributed by atoms with Crippen LogP contribution in [-0.4, -0.2) is 15.5 Å². The van der Waals surface area contributed by atoms with Crippen LogP contribution in [0.15, 0.2) is 53.4 Å². The Kier molecular flexibility index (Phi) is 4.98. The van der Waals surface area contributed by atoms with Crippen LogP contribution in [0.4, 0.5) is 5.69 Å². The molecule has 2 aromatic carbocycles. The number of hydrogen-bond donors (Lipinski definition) is 2. The minimum absolute atomic E-state index is 0.272. The van der Waals surface area contributed by atoms with Gasteiger partial charge in [0.1, 0.15) is 0 Å². The third kappa shape index (κ3) is 3.83. The van der Waals surface area contributed by atoms with Gasteiger partial charge < -0.3 is 5.32 Å². The Balaban J connectivity index is 2.25. The largest absolute Gasteiger partial charge is 0.316 e. The molecule has 0 saturated heterocycles. The molecule has 0 amide bonds. The second-order valence-corrected chi connectivity index (χ2v) is 6.47. The Hall–Kier alpha value is -1.85. The molecule has 0 saturated carbocycles. The molecule has 0 fully saturated rings. The van der Waals surface area contributed by atoms with Crippen molar-refractivity contribution in [2.45, 2.75) is 24.8 Å². The standard InChI is InChI=1S/C16H20N2O2S/c1-3-14-6-4-5-7-16(14)18-21(19,20)15-10-8-13(9-11-15)12-17-2/h4-11,17-18H,3,12H2,1-2H3. The zero-order chi connectivity index (χ0) is 15.3. The van der Waals surface area contributed by atoms with Crippen LogP contribution in [0.2, 0.25) is 0 Å². The van der Waals surface area contributed by atoms with E-state index in [2.05, 4.69) is 10.0 Å². The molecule has 112 valence electrons. The van der Waals surface area contributed by atoms with E-state index in [1.54, 1.807) is 18.2 Å². The summed E-state index contributed by atoms with van der Waals surface area (Å²) in [6.07, 6.45) is 0.778. The summed E-state index contributed by atoms with van der Waals surface area (Å²) in [7, 11) is -1.69. The number of aryl methyl sites for hydroxylation is 1. The van der Waals surface area contributed by atoms with Crippen molar-refractivity contribution < 1.29 is 8.42 Å². The first-order chi connectivity index (χ1) is 10.1. The number of nitrogens with one attached hydrogen (secondary N) is 2. The topological polar surface area (TPSA) is 58.2 Å². The number of para-hydroxylation sites is 1. The van der Waals surface area contributed by atoms with Crippen molar-refractivity contribution in [1.29, 1.82) is 0 Å². The molecule has 0 aliphatic heterocycles. The van der Waals surface area contributed by atoms with Crippen LogP contribution < -0.4 is 10.0 Å². The highest BCUT2D eigenvalue weighted by atomic mass is 32.2. The quantitative estimate of drug-likeness (QED) is 0.863. The van der Waals surface area contributed by atoms with E-state index < -0.39 is 10.0 Å². The first kappa shape index (κ1) is 15.5. The van der Waals surface area contributed by atoms with Gasteiger partial charge in [-0.3, -0.25) is 4.72 Å². The molecule has 0 aliphatic rings. The summed E-state index contributed by atoms with van der Waals surface area (Å²) in [5.74, 6) is 0. The molecule has 0 heterocycles. The number of benzene rings is 2. The second kappa shape index (κ2) is 6.74. The van der Waals surface area contributed by atoms with Crippen LogP contribution in [-0.2, 0) is 23.0 Å². The summed E-state index contributed by atoms with van der Waals surface area (Å²) in [4.78, 5) is 0.272. The zero-order valence-corrected chi connectivity index (χ0v) is 13.1. The Morgan fingerprint density at radius 3 is 2.29 bits per heavy atom. The van der Waals surface area contributed by atoms with E-state index in [4.69, 9.17) is 0 Å². The predicted molar refractivity (Wildman–Crippen MR) is 85.8 cm³/mol. The zero-order valence-electron chi connectivity index (χ0n) is 12.3. The summed E-state index contributed by atoms with van der Waals surface area (Å²) in [5.41, 5.74) is 2.66. The first-order valence-electron chi connectivity index (χ1n) is 6.91. The average Bonchev–Trinajstić information content (AvgIpc) is 2.48. The van der Waals surface area contributed by atoms with Gasteiger partial charge in [0.2, 0.25) is 0 Å². The smallest absolute Gasteiger partial charge is 0.261 e. The van der Waals surface area contributed by atoms with Crippen molar-refractivity contribution >= 4 is 15.7 Å². The third-order valence-electron chi connectivity index (χ3n) is 3.26. The molecule has 5 heteroatoms. The van der Waals surface area contributed by atoms with Crippen LogP contribution in [0.5, 0.6) is 0 Å². The van der Waals surface area contributed by atoms with Crippen molar-refractivity contribution in [2.24, 2.45) is 0 Å². The lowest BCUT2D eigenvalue weighted by Gasteiger charge is -2.12. The van der Waals surface area contributed by atoms with Crippen LogP contribution in [0.3, 0.4) is 0 Å². The lowest BCUT2D eigenvalue weighted by Crippen LogP contribution is -2.14. The SMILES string of the molecule is CCc1ccccc1NS(=O)(=O)c1ccc(CNC)cc1. The summed E-state index contributed by atoms with van der Waals surface area (Å²) >= 11 is 0. The van der Waals surface area contributed by atoms with E-state index in [1.807, 2.05) is 44.3 Å². The Morgan fingerprint density at radius 1 is 1.00 bits per heavy atom. The molecule has 0 unspecified atom stereocenters. The number of anilines is 1. The van der Waals surface area contributed by atoms with Gasteiger partial charge in [0, 0.05) is 6.54 Å². The maximum atomic E-state index is 12.4. The summed E-state index contributed by atoms with van der Waals surface area (Å²) in [6.45, 7) is 2.71. The Labute approximate surface area is 126 Å². The average molecular weight is 304 g/mol. The second-order valence-electron chi connectivity index (χ2n) is 4.79. The monoisotopic (exact) mass is 304 g/mol. The van der Waals surface area contributed by atoms with E-state index in [9.17, 15) is 8.42 Å². The fourth-order valence-electron chi connectivity index (χ4n) is 2.12. The van der Waals surface area contributed by atoms with E-state index in [0.717, 1.165) is 17.5 Å². The highest BCUT2D eigenvalue weighted by molar-refractivity contribution is 7.92. The highest BCUT2D eigenvalue weighted by Gasteiger charge is 2.15. The fraction of sp³-hybridized carbons (Fsp3) is 0.250. The van der Waals surface area contributed by atoms with Crippen molar-refractivity contribution in [1.82, 2.24) is 5.32 Å². The van der Waals surface area contributed by atoms with Gasteiger partial charge in [-0.15, -0.1) is 0 Å².